The van der Waals surface area contributed by atoms with Gasteiger partial charge in [0.2, 0.25) is 0 Å². The summed E-state index contributed by atoms with van der Waals surface area (Å²) in [5.41, 5.74) is 0. The Hall–Kier alpha value is 0.260. The number of alkyl halides is 4. The van der Waals surface area contributed by atoms with Gasteiger partial charge >= 0.3 is 11.9 Å². The molecule has 0 amide bonds. The third-order valence-corrected chi connectivity index (χ3v) is 9.12. The molecule has 0 aromatic rings. The van der Waals surface area contributed by atoms with E-state index in [-0.39, 0.29) is 62.9 Å². The zero-order chi connectivity index (χ0) is 23.4. The average Bonchev–Trinajstić information content (AvgIpc) is 2.93. The molecule has 2 aliphatic rings. The highest BCUT2D eigenvalue weighted by Crippen LogP contribution is 2.76. The second-order valence-electron chi connectivity index (χ2n) is 6.59. The van der Waals surface area contributed by atoms with Crippen molar-refractivity contribution in [1.29, 1.82) is 0 Å². The second-order valence-corrected chi connectivity index (χ2v) is 9.86. The van der Waals surface area contributed by atoms with E-state index in [9.17, 15) is 9.59 Å². The summed E-state index contributed by atoms with van der Waals surface area (Å²) in [6.07, 6.45) is 0. The third-order valence-electron chi connectivity index (χ3n) is 4.86. The van der Waals surface area contributed by atoms with Crippen molar-refractivity contribution in [2.45, 2.75) is 14.1 Å². The van der Waals surface area contributed by atoms with E-state index in [1.54, 1.807) is 0 Å². The molecule has 2 rings (SSSR count). The summed E-state index contributed by atoms with van der Waals surface area (Å²) in [4.78, 5) is 21.7. The number of fused-ring (bicyclic) bond motifs is 2. The molecule has 0 aromatic heterocycles. The van der Waals surface area contributed by atoms with Crippen molar-refractivity contribution in [3.8, 4) is 0 Å². The van der Waals surface area contributed by atoms with Crippen LogP contribution >= 0.6 is 69.6 Å². The van der Waals surface area contributed by atoms with Gasteiger partial charge in [0.05, 0.1) is 61.5 Å². The molecule has 4 atom stereocenters. The van der Waals surface area contributed by atoms with Crippen molar-refractivity contribution in [1.82, 2.24) is 0 Å². The Balaban J connectivity index is 2.27. The SMILES string of the molecule is O=C(OCCOCCO)C1C(C(=O)OCCOCCO)C2(Cl)C(Cl)=C(Cl)C1(Cl)C2(Cl)Cl. The average molecular weight is 565 g/mol. The van der Waals surface area contributed by atoms with Crippen molar-refractivity contribution in [2.24, 2.45) is 11.8 Å². The molecule has 0 aliphatic heterocycles. The van der Waals surface area contributed by atoms with E-state index in [1.807, 2.05) is 0 Å². The van der Waals surface area contributed by atoms with Gasteiger partial charge in [-0.15, -0.1) is 23.2 Å². The van der Waals surface area contributed by atoms with Crippen LogP contribution in [0.15, 0.2) is 10.1 Å². The summed E-state index contributed by atoms with van der Waals surface area (Å²) in [6, 6.07) is 0. The van der Waals surface area contributed by atoms with Crippen molar-refractivity contribution in [3.63, 3.8) is 0 Å². The highest BCUT2D eigenvalue weighted by molar-refractivity contribution is 6.66. The molecular formula is C17H20Cl6O8. The van der Waals surface area contributed by atoms with Gasteiger partial charge in [0.25, 0.3) is 0 Å². The minimum Gasteiger partial charge on any atom is -0.463 e. The maximum Gasteiger partial charge on any atom is 0.312 e. The van der Waals surface area contributed by atoms with Crippen LogP contribution in [0.1, 0.15) is 0 Å². The van der Waals surface area contributed by atoms with Crippen LogP contribution < -0.4 is 0 Å². The number of aliphatic hydroxyl groups is 2. The quantitative estimate of drug-likeness (QED) is 0.211. The minimum absolute atomic E-state index is 0.0190. The van der Waals surface area contributed by atoms with Crippen LogP contribution in [0.3, 0.4) is 0 Å². The van der Waals surface area contributed by atoms with Crippen LogP contribution in [0.2, 0.25) is 0 Å². The largest absolute Gasteiger partial charge is 0.463 e. The summed E-state index contributed by atoms with van der Waals surface area (Å²) < 4.78 is 18.2. The monoisotopic (exact) mass is 562 g/mol. The van der Waals surface area contributed by atoms with Gasteiger partial charge in [-0.1, -0.05) is 46.4 Å². The fraction of sp³-hybridized carbons (Fsp3) is 0.765. The van der Waals surface area contributed by atoms with Gasteiger partial charge in [0.1, 0.15) is 23.0 Å². The summed E-state index contributed by atoms with van der Waals surface area (Å²) >= 11 is 38.7. The lowest BCUT2D eigenvalue weighted by Crippen LogP contribution is -2.46. The van der Waals surface area contributed by atoms with Crippen molar-refractivity contribution in [3.05, 3.63) is 10.1 Å². The second kappa shape index (κ2) is 11.1. The maximum absolute atomic E-state index is 12.9. The van der Waals surface area contributed by atoms with Crippen LogP contribution in [0.4, 0.5) is 0 Å². The molecule has 31 heavy (non-hydrogen) atoms. The predicted molar refractivity (Wildman–Crippen MR) is 115 cm³/mol. The number of carbonyl (C=O) groups excluding carboxylic acids is 2. The molecular weight excluding hydrogens is 545 g/mol. The van der Waals surface area contributed by atoms with Crippen LogP contribution in [-0.4, -0.2) is 89.1 Å². The summed E-state index contributed by atoms with van der Waals surface area (Å²) in [5, 5.41) is 16.9. The molecule has 14 heteroatoms. The Morgan fingerprint density at radius 2 is 1.06 bits per heavy atom. The Morgan fingerprint density at radius 3 is 1.39 bits per heavy atom. The minimum atomic E-state index is -2.16. The van der Waals surface area contributed by atoms with Crippen LogP contribution in [-0.2, 0) is 28.5 Å². The first kappa shape index (κ1) is 27.5. The normalized spacial score (nSPS) is 31.2. The van der Waals surface area contributed by atoms with Crippen molar-refractivity contribution < 1.29 is 38.7 Å². The lowest BCUT2D eigenvalue weighted by Gasteiger charge is -2.33. The van der Waals surface area contributed by atoms with E-state index in [0.717, 1.165) is 0 Å². The Morgan fingerprint density at radius 1 is 0.710 bits per heavy atom. The number of allylic oxidation sites excluding steroid dienone is 2. The molecule has 2 aliphatic carbocycles. The van der Waals surface area contributed by atoms with E-state index >= 15 is 0 Å². The van der Waals surface area contributed by atoms with Crippen LogP contribution in [0.5, 0.6) is 0 Å². The molecule has 4 unspecified atom stereocenters. The van der Waals surface area contributed by atoms with E-state index in [2.05, 4.69) is 0 Å². The number of halogens is 6. The topological polar surface area (TPSA) is 112 Å². The summed E-state index contributed by atoms with van der Waals surface area (Å²) in [7, 11) is 0. The molecule has 0 heterocycles. The number of ether oxygens (including phenoxy) is 4. The smallest absolute Gasteiger partial charge is 0.312 e. The molecule has 2 bridgehead atoms. The molecule has 0 aromatic carbocycles. The van der Waals surface area contributed by atoms with Gasteiger partial charge in [0, 0.05) is 0 Å². The lowest BCUT2D eigenvalue weighted by atomic mass is 9.82. The van der Waals surface area contributed by atoms with E-state index in [1.165, 1.54) is 0 Å². The first-order valence-electron chi connectivity index (χ1n) is 9.05. The number of aliphatic hydroxyl groups excluding tert-OH is 2. The van der Waals surface area contributed by atoms with Gasteiger partial charge in [-0.3, -0.25) is 9.59 Å². The number of hydrogen-bond donors (Lipinski definition) is 2. The first-order chi connectivity index (χ1) is 14.5. The van der Waals surface area contributed by atoms with E-state index in [4.69, 9.17) is 98.8 Å². The lowest BCUT2D eigenvalue weighted by molar-refractivity contribution is -0.162. The third kappa shape index (κ3) is 4.63. The maximum atomic E-state index is 12.9. The van der Waals surface area contributed by atoms with Crippen molar-refractivity contribution in [2.75, 3.05) is 52.9 Å². The van der Waals surface area contributed by atoms with E-state index in [0.29, 0.717) is 0 Å². The van der Waals surface area contributed by atoms with Gasteiger partial charge in [-0.2, -0.15) is 0 Å². The van der Waals surface area contributed by atoms with Crippen molar-refractivity contribution >= 4 is 81.5 Å². The zero-order valence-electron chi connectivity index (χ0n) is 15.9. The van der Waals surface area contributed by atoms with E-state index < -0.39 is 37.9 Å². The summed E-state index contributed by atoms with van der Waals surface area (Å²) in [6.45, 7) is -0.756. The number of carbonyl (C=O) groups is 2. The molecule has 178 valence electrons. The van der Waals surface area contributed by atoms with Crippen LogP contribution in [0.25, 0.3) is 0 Å². The van der Waals surface area contributed by atoms with Gasteiger partial charge in [-0.25, -0.2) is 0 Å². The Kier molecular flexibility index (Phi) is 9.87. The number of hydrogen-bond acceptors (Lipinski definition) is 8. The molecule has 8 nitrogen and oxygen atoms in total. The number of esters is 2. The Bertz CT molecular complexity index is 663. The molecule has 0 radical (unpaired) electrons. The van der Waals surface area contributed by atoms with Gasteiger partial charge in [0.15, 0.2) is 4.33 Å². The highest BCUT2D eigenvalue weighted by Gasteiger charge is 2.86. The highest BCUT2D eigenvalue weighted by atomic mass is 35.5. The molecule has 0 saturated heterocycles. The Labute approximate surface area is 208 Å². The standard InChI is InChI=1S/C17H20Cl6O8/c18-11-12(19)16(21)10(14(27)31-8-6-29-4-2-25)9(15(11,20)17(16,22)23)13(26)30-7-5-28-3-1-24/h9-10,24-25H,1-8H2. The molecule has 2 N–H and O–H groups in total. The fourth-order valence-electron chi connectivity index (χ4n) is 3.49. The fourth-order valence-corrected chi connectivity index (χ4v) is 6.42. The first-order valence-corrected chi connectivity index (χ1v) is 11.3. The van der Waals surface area contributed by atoms with Crippen LogP contribution in [0, 0.1) is 11.8 Å². The molecule has 0 spiro atoms. The number of rotatable bonds is 12. The van der Waals surface area contributed by atoms with Gasteiger partial charge < -0.3 is 29.2 Å². The summed E-state index contributed by atoms with van der Waals surface area (Å²) in [5.74, 6) is -4.98. The zero-order valence-corrected chi connectivity index (χ0v) is 20.5. The molecule has 1 saturated carbocycles. The van der Waals surface area contributed by atoms with Gasteiger partial charge in [-0.05, 0) is 0 Å². The predicted octanol–water partition coefficient (Wildman–Crippen LogP) is 2.17. The molecule has 1 fully saturated rings.